The predicted molar refractivity (Wildman–Crippen MR) is 106 cm³/mol. The zero-order chi connectivity index (χ0) is 19.0. The second-order valence-corrected chi connectivity index (χ2v) is 9.13. The first kappa shape index (κ1) is 18.5. The van der Waals surface area contributed by atoms with Crippen LogP contribution >= 0.6 is 23.1 Å². The molecule has 0 saturated heterocycles. The van der Waals surface area contributed by atoms with Crippen molar-refractivity contribution in [2.75, 3.05) is 5.75 Å². The summed E-state index contributed by atoms with van der Waals surface area (Å²) in [4.78, 5) is 43.0. The Balaban J connectivity index is 1.76. The maximum atomic E-state index is 13.4. The third kappa shape index (κ3) is 3.62. The number of nitrogens with zero attached hydrogens (tertiary/aromatic N) is 2. The molecule has 2 aromatic rings. The average molecular weight is 407 g/mol. The van der Waals surface area contributed by atoms with Gasteiger partial charge >= 0.3 is 6.03 Å². The lowest BCUT2D eigenvalue weighted by molar-refractivity contribution is -0.117. The molecule has 0 atom stereocenters. The fraction of sp³-hybridized carbons (Fsp3) is 0.556. The van der Waals surface area contributed by atoms with Crippen molar-refractivity contribution in [2.45, 2.75) is 62.6 Å². The van der Waals surface area contributed by atoms with Crippen LogP contribution in [0.5, 0.6) is 0 Å². The summed E-state index contributed by atoms with van der Waals surface area (Å²) in [6.45, 7) is 0. The Morgan fingerprint density at radius 1 is 1.22 bits per heavy atom. The van der Waals surface area contributed by atoms with Gasteiger partial charge in [-0.2, -0.15) is 0 Å². The number of fused-ring (bicyclic) bond motifs is 3. The minimum absolute atomic E-state index is 0.00129. The summed E-state index contributed by atoms with van der Waals surface area (Å²) in [6.07, 6.45) is 8.36. The van der Waals surface area contributed by atoms with Crippen LogP contribution in [-0.4, -0.2) is 27.2 Å². The van der Waals surface area contributed by atoms with Crippen molar-refractivity contribution >= 4 is 45.3 Å². The van der Waals surface area contributed by atoms with E-state index >= 15 is 0 Å². The third-order valence-electron chi connectivity index (χ3n) is 5.27. The van der Waals surface area contributed by atoms with Crippen LogP contribution < -0.4 is 16.6 Å². The number of imide groups is 1. The Bertz CT molecular complexity index is 960. The standard InChI is InChI=1S/C18H22N4O3S2/c19-17(25)20-13(23)9-26-18-21-15-14(11-7-3-4-8-12(11)27-15)16(24)22(18)10-5-1-2-6-10/h10H,1-9H2,(H3,19,20,23,25). The Kier molecular flexibility index (Phi) is 5.23. The van der Waals surface area contributed by atoms with E-state index in [1.54, 1.807) is 15.9 Å². The van der Waals surface area contributed by atoms with Gasteiger partial charge in [-0.05, 0) is 44.1 Å². The molecule has 2 heterocycles. The highest BCUT2D eigenvalue weighted by Crippen LogP contribution is 2.37. The fourth-order valence-corrected chi connectivity index (χ4v) is 6.26. The lowest BCUT2D eigenvalue weighted by atomic mass is 9.97. The number of nitrogens with two attached hydrogens (primary N) is 1. The van der Waals surface area contributed by atoms with E-state index in [0.29, 0.717) is 5.16 Å². The molecular weight excluding hydrogens is 384 g/mol. The van der Waals surface area contributed by atoms with Crippen LogP contribution in [0.25, 0.3) is 10.2 Å². The molecule has 2 aromatic heterocycles. The summed E-state index contributed by atoms with van der Waals surface area (Å²) in [5, 5.41) is 3.41. The van der Waals surface area contributed by atoms with Crippen LogP contribution in [0.15, 0.2) is 9.95 Å². The summed E-state index contributed by atoms with van der Waals surface area (Å²) >= 11 is 2.81. The van der Waals surface area contributed by atoms with Crippen molar-refractivity contribution in [3.05, 3.63) is 20.8 Å². The van der Waals surface area contributed by atoms with Gasteiger partial charge in [-0.3, -0.25) is 19.5 Å². The fourth-order valence-electron chi connectivity index (χ4n) is 4.09. The summed E-state index contributed by atoms with van der Waals surface area (Å²) in [7, 11) is 0. The molecule has 1 saturated carbocycles. The van der Waals surface area contributed by atoms with Gasteiger partial charge in [0.1, 0.15) is 4.83 Å². The Labute approximate surface area is 164 Å². The predicted octanol–water partition coefficient (Wildman–Crippen LogP) is 2.74. The number of aryl methyl sites for hydroxylation is 2. The monoisotopic (exact) mass is 406 g/mol. The minimum atomic E-state index is -0.872. The SMILES string of the molecule is NC(=O)NC(=O)CSc1nc2sc3c(c2c(=O)n1C1CCCC1)CCCC3. The van der Waals surface area contributed by atoms with Crippen molar-refractivity contribution in [3.8, 4) is 0 Å². The average Bonchev–Trinajstić information content (AvgIpc) is 3.26. The number of amides is 3. The zero-order valence-corrected chi connectivity index (χ0v) is 16.6. The molecule has 7 nitrogen and oxygen atoms in total. The van der Waals surface area contributed by atoms with E-state index in [0.717, 1.165) is 61.6 Å². The molecular formula is C18H22N4O3S2. The molecule has 3 N–H and O–H groups in total. The molecule has 1 fully saturated rings. The Morgan fingerprint density at radius 3 is 2.70 bits per heavy atom. The maximum absolute atomic E-state index is 13.4. The number of hydrogen-bond acceptors (Lipinski definition) is 6. The zero-order valence-electron chi connectivity index (χ0n) is 15.0. The van der Waals surface area contributed by atoms with Crippen molar-refractivity contribution in [1.29, 1.82) is 0 Å². The first-order valence-corrected chi connectivity index (χ1v) is 11.1. The molecule has 2 aliphatic carbocycles. The van der Waals surface area contributed by atoms with E-state index in [4.69, 9.17) is 10.7 Å². The highest BCUT2D eigenvalue weighted by atomic mass is 32.2. The van der Waals surface area contributed by atoms with E-state index < -0.39 is 11.9 Å². The number of carbonyl (C=O) groups excluding carboxylic acids is 2. The first-order chi connectivity index (χ1) is 13.0. The molecule has 0 spiro atoms. The molecule has 0 radical (unpaired) electrons. The second kappa shape index (κ2) is 7.63. The molecule has 0 unspecified atom stereocenters. The van der Waals surface area contributed by atoms with E-state index in [9.17, 15) is 14.4 Å². The van der Waals surface area contributed by atoms with Crippen LogP contribution in [0.1, 0.15) is 55.0 Å². The molecule has 3 amide bonds. The Hall–Kier alpha value is -1.87. The van der Waals surface area contributed by atoms with Crippen molar-refractivity contribution < 1.29 is 9.59 Å². The maximum Gasteiger partial charge on any atom is 0.318 e. The van der Waals surface area contributed by atoms with Gasteiger partial charge in [0.15, 0.2) is 5.16 Å². The van der Waals surface area contributed by atoms with Crippen molar-refractivity contribution in [2.24, 2.45) is 5.73 Å². The number of rotatable bonds is 4. The van der Waals surface area contributed by atoms with E-state index in [-0.39, 0.29) is 17.4 Å². The number of thiophene rings is 1. The lowest BCUT2D eigenvalue weighted by Gasteiger charge is -2.18. The van der Waals surface area contributed by atoms with Gasteiger partial charge in [-0.1, -0.05) is 24.6 Å². The number of aromatic nitrogens is 2. The van der Waals surface area contributed by atoms with Crippen LogP contribution in [0.2, 0.25) is 0 Å². The largest absolute Gasteiger partial charge is 0.351 e. The number of primary amides is 1. The molecule has 9 heteroatoms. The summed E-state index contributed by atoms with van der Waals surface area (Å²) in [5.41, 5.74) is 6.22. The van der Waals surface area contributed by atoms with Gasteiger partial charge in [0.25, 0.3) is 5.56 Å². The van der Waals surface area contributed by atoms with Crippen LogP contribution in [0, 0.1) is 0 Å². The van der Waals surface area contributed by atoms with Gasteiger partial charge < -0.3 is 5.73 Å². The first-order valence-electron chi connectivity index (χ1n) is 9.33. The van der Waals surface area contributed by atoms with E-state index in [2.05, 4.69) is 5.32 Å². The number of urea groups is 1. The van der Waals surface area contributed by atoms with Crippen LogP contribution in [-0.2, 0) is 17.6 Å². The van der Waals surface area contributed by atoms with Crippen LogP contribution in [0.3, 0.4) is 0 Å². The molecule has 0 aromatic carbocycles. The molecule has 4 rings (SSSR count). The highest BCUT2D eigenvalue weighted by Gasteiger charge is 2.27. The number of thioether (sulfide) groups is 1. The topological polar surface area (TPSA) is 107 Å². The molecule has 27 heavy (non-hydrogen) atoms. The summed E-state index contributed by atoms with van der Waals surface area (Å²) < 4.78 is 1.80. The van der Waals surface area contributed by atoms with E-state index in [1.807, 2.05) is 0 Å². The number of hydrogen-bond donors (Lipinski definition) is 2. The van der Waals surface area contributed by atoms with Gasteiger partial charge in [-0.15, -0.1) is 11.3 Å². The van der Waals surface area contributed by atoms with Gasteiger partial charge in [0.05, 0.1) is 11.1 Å². The Morgan fingerprint density at radius 2 is 1.96 bits per heavy atom. The quantitative estimate of drug-likeness (QED) is 0.600. The second-order valence-electron chi connectivity index (χ2n) is 7.10. The minimum Gasteiger partial charge on any atom is -0.351 e. The number of carbonyl (C=O) groups is 2. The smallest absolute Gasteiger partial charge is 0.318 e. The van der Waals surface area contributed by atoms with Crippen LogP contribution in [0.4, 0.5) is 4.79 Å². The molecule has 144 valence electrons. The van der Waals surface area contributed by atoms with Gasteiger partial charge in [-0.25, -0.2) is 9.78 Å². The van der Waals surface area contributed by atoms with E-state index in [1.165, 1.54) is 22.2 Å². The summed E-state index contributed by atoms with van der Waals surface area (Å²) in [6, 6.07) is -0.738. The van der Waals surface area contributed by atoms with Crippen molar-refractivity contribution in [1.82, 2.24) is 14.9 Å². The molecule has 0 aliphatic heterocycles. The molecule has 2 aliphatic rings. The van der Waals surface area contributed by atoms with Crippen molar-refractivity contribution in [3.63, 3.8) is 0 Å². The normalized spacial score (nSPS) is 17.2. The number of nitrogens with one attached hydrogen (secondary N) is 1. The molecule has 0 bridgehead atoms. The third-order valence-corrected chi connectivity index (χ3v) is 7.41. The summed E-state index contributed by atoms with van der Waals surface area (Å²) in [5.74, 6) is -0.483. The highest BCUT2D eigenvalue weighted by molar-refractivity contribution is 7.99. The van der Waals surface area contributed by atoms with Gasteiger partial charge in [0, 0.05) is 10.9 Å². The lowest BCUT2D eigenvalue weighted by Crippen LogP contribution is -2.36. The van der Waals surface area contributed by atoms with Gasteiger partial charge in [0.2, 0.25) is 5.91 Å².